The molecule has 1 saturated carbocycles. The minimum absolute atomic E-state index is 0.0238. The molecule has 3 fully saturated rings. The van der Waals surface area contributed by atoms with Gasteiger partial charge in [0.15, 0.2) is 11.4 Å². The number of para-hydroxylation sites is 1. The Kier molecular flexibility index (Phi) is 6.58. The van der Waals surface area contributed by atoms with Gasteiger partial charge in [-0.05, 0) is 44.9 Å². The first kappa shape index (κ1) is 28.2. The zero-order chi connectivity index (χ0) is 30.8. The van der Waals surface area contributed by atoms with Gasteiger partial charge in [0.05, 0.1) is 24.8 Å². The summed E-state index contributed by atoms with van der Waals surface area (Å²) >= 11 is 0. The molecule has 0 radical (unpaired) electrons. The maximum Gasteiger partial charge on any atom is 0.451 e. The molecule has 1 spiro atoms. The van der Waals surface area contributed by atoms with E-state index >= 15 is 0 Å². The number of alkyl halides is 3. The number of ether oxygens (including phenoxy) is 2. The lowest BCUT2D eigenvalue weighted by molar-refractivity contribution is -0.144. The summed E-state index contributed by atoms with van der Waals surface area (Å²) in [6.45, 7) is 4.89. The monoisotopic (exact) mass is 607 g/mol. The Morgan fingerprint density at radius 3 is 2.73 bits per heavy atom. The fraction of sp³-hybridized carbons (Fsp3) is 0.419. The third kappa shape index (κ3) is 4.73. The molecule has 10 nitrogen and oxygen atoms in total. The van der Waals surface area contributed by atoms with E-state index in [1.54, 1.807) is 37.4 Å². The van der Waals surface area contributed by atoms with Crippen LogP contribution in [0.3, 0.4) is 0 Å². The van der Waals surface area contributed by atoms with Gasteiger partial charge in [-0.15, -0.1) is 5.92 Å². The highest BCUT2D eigenvalue weighted by Crippen LogP contribution is 2.48. The number of rotatable bonds is 5. The lowest BCUT2D eigenvalue weighted by atomic mass is 10.1. The molecule has 3 aliphatic rings. The van der Waals surface area contributed by atoms with Gasteiger partial charge in [-0.3, -0.25) is 0 Å². The molecule has 7 rings (SSSR count). The second-order valence-corrected chi connectivity index (χ2v) is 11.3. The number of benzene rings is 1. The molecule has 3 atom stereocenters. The van der Waals surface area contributed by atoms with Crippen LogP contribution in [0.4, 0.5) is 24.7 Å². The minimum Gasteiger partial charge on any atom is -0.480 e. The van der Waals surface area contributed by atoms with E-state index in [0.717, 1.165) is 12.8 Å². The highest BCUT2D eigenvalue weighted by molar-refractivity contribution is 6.06. The normalized spacial score (nSPS) is 22.8. The Morgan fingerprint density at radius 2 is 2.00 bits per heavy atom. The van der Waals surface area contributed by atoms with E-state index in [-0.39, 0.29) is 41.5 Å². The van der Waals surface area contributed by atoms with Crippen molar-refractivity contribution < 1.29 is 37.0 Å². The molecule has 5 heterocycles. The van der Waals surface area contributed by atoms with E-state index < -0.39 is 30.1 Å². The Balaban J connectivity index is 1.27. The van der Waals surface area contributed by atoms with Crippen LogP contribution in [-0.4, -0.2) is 69.5 Å². The Morgan fingerprint density at radius 1 is 1.20 bits per heavy atom. The van der Waals surface area contributed by atoms with Gasteiger partial charge in [0, 0.05) is 30.1 Å². The standard InChI is InChI=1S/C31H28F3N5O5/c1-3-6-18-13-21(38-11-12-42-30(9-10-30)17(38)2)27(35-15-18)43-19-14-22(28(40)41)39(16-19)26-25-24(36-29(37-26)31(32,33)34)20-7-4-5-8-23(20)44-25/h4-5,7-8,13,15,17,19,22H,9-12,14,16H2,1-2H3,(H,40,41)/t17-,19-,22-/m0/s1. The Labute approximate surface area is 249 Å². The summed E-state index contributed by atoms with van der Waals surface area (Å²) in [4.78, 5) is 28.1. The molecule has 4 aromatic rings. The van der Waals surface area contributed by atoms with Gasteiger partial charge in [0.25, 0.3) is 0 Å². The van der Waals surface area contributed by atoms with E-state index in [0.29, 0.717) is 41.3 Å². The summed E-state index contributed by atoms with van der Waals surface area (Å²) in [6, 6.07) is 7.26. The van der Waals surface area contributed by atoms with Gasteiger partial charge in [-0.2, -0.15) is 13.2 Å². The fourth-order valence-corrected chi connectivity index (χ4v) is 6.32. The molecule has 1 aliphatic carbocycles. The van der Waals surface area contributed by atoms with Gasteiger partial charge < -0.3 is 28.8 Å². The van der Waals surface area contributed by atoms with E-state index in [9.17, 15) is 23.1 Å². The summed E-state index contributed by atoms with van der Waals surface area (Å²) in [5.74, 6) is 3.33. The number of carbonyl (C=O) groups is 1. The van der Waals surface area contributed by atoms with Crippen LogP contribution in [0.25, 0.3) is 22.1 Å². The number of fused-ring (bicyclic) bond motifs is 3. The SMILES string of the molecule is CC#Cc1cnc(O[C@H]2C[C@@H](C(=O)O)N(c3nc(C(F)(F)F)nc4c3oc3ccccc34)C2)c(N2CCOC3(CC3)[C@@H]2C)c1. The lowest BCUT2D eigenvalue weighted by Crippen LogP contribution is -2.51. The maximum absolute atomic E-state index is 14.0. The van der Waals surface area contributed by atoms with Crippen LogP contribution >= 0.6 is 0 Å². The third-order valence-corrected chi connectivity index (χ3v) is 8.66. The number of morpholine rings is 1. The summed E-state index contributed by atoms with van der Waals surface area (Å²) in [6.07, 6.45) is -2.13. The van der Waals surface area contributed by atoms with Crippen molar-refractivity contribution in [3.63, 3.8) is 0 Å². The smallest absolute Gasteiger partial charge is 0.451 e. The van der Waals surface area contributed by atoms with Crippen LogP contribution in [0.1, 0.15) is 44.5 Å². The average Bonchev–Trinajstić information content (AvgIpc) is 3.47. The second-order valence-electron chi connectivity index (χ2n) is 11.3. The van der Waals surface area contributed by atoms with Crippen molar-refractivity contribution in [3.8, 4) is 17.7 Å². The van der Waals surface area contributed by atoms with Crippen LogP contribution in [0.5, 0.6) is 5.88 Å². The first-order chi connectivity index (χ1) is 21.1. The van der Waals surface area contributed by atoms with Gasteiger partial charge in [0.1, 0.15) is 28.9 Å². The van der Waals surface area contributed by atoms with Crippen molar-refractivity contribution in [1.29, 1.82) is 0 Å². The van der Waals surface area contributed by atoms with E-state index in [2.05, 4.69) is 38.6 Å². The number of hydrogen-bond donors (Lipinski definition) is 1. The molecule has 44 heavy (non-hydrogen) atoms. The quantitative estimate of drug-likeness (QED) is 0.310. The first-order valence-electron chi connectivity index (χ1n) is 14.3. The van der Waals surface area contributed by atoms with Crippen LogP contribution in [-0.2, 0) is 15.7 Å². The van der Waals surface area contributed by atoms with Crippen molar-refractivity contribution in [2.45, 2.75) is 63.1 Å². The second kappa shape index (κ2) is 10.3. The first-order valence-corrected chi connectivity index (χ1v) is 14.3. The number of anilines is 2. The summed E-state index contributed by atoms with van der Waals surface area (Å²) < 4.78 is 60.3. The van der Waals surface area contributed by atoms with E-state index in [4.69, 9.17) is 13.9 Å². The molecular formula is C31H28F3N5O5. The number of nitrogens with zero attached hydrogens (tertiary/aromatic N) is 5. The van der Waals surface area contributed by atoms with Crippen LogP contribution in [0, 0.1) is 11.8 Å². The number of aromatic nitrogens is 3. The highest BCUT2D eigenvalue weighted by atomic mass is 19.4. The number of halogens is 3. The Hall–Kier alpha value is -4.57. The summed E-state index contributed by atoms with van der Waals surface area (Å²) in [5, 5.41) is 10.5. The molecule has 1 N–H and O–H groups in total. The molecule has 13 heteroatoms. The summed E-state index contributed by atoms with van der Waals surface area (Å²) in [5.41, 5.74) is 1.43. The molecule has 2 saturated heterocycles. The molecule has 0 unspecified atom stereocenters. The molecule has 2 aliphatic heterocycles. The van der Waals surface area contributed by atoms with E-state index in [1.165, 1.54) is 4.90 Å². The molecule has 0 bridgehead atoms. The third-order valence-electron chi connectivity index (χ3n) is 8.66. The number of carboxylic acid groups (broad SMARTS) is 1. The zero-order valence-corrected chi connectivity index (χ0v) is 23.9. The average molecular weight is 608 g/mol. The van der Waals surface area contributed by atoms with E-state index in [1.807, 2.05) is 6.07 Å². The van der Waals surface area contributed by atoms with Crippen LogP contribution in [0.2, 0.25) is 0 Å². The van der Waals surface area contributed by atoms with Crippen LogP contribution < -0.4 is 14.5 Å². The zero-order valence-electron chi connectivity index (χ0n) is 23.9. The van der Waals surface area contributed by atoms with Gasteiger partial charge in [-0.25, -0.2) is 19.7 Å². The number of furan rings is 1. The molecule has 228 valence electrons. The van der Waals surface area contributed by atoms with Crippen molar-refractivity contribution in [3.05, 3.63) is 47.9 Å². The largest absolute Gasteiger partial charge is 0.480 e. The highest BCUT2D eigenvalue weighted by Gasteiger charge is 2.53. The predicted octanol–water partition coefficient (Wildman–Crippen LogP) is 5.03. The van der Waals surface area contributed by atoms with Gasteiger partial charge in [0.2, 0.25) is 11.7 Å². The number of carboxylic acids is 1. The fourth-order valence-electron chi connectivity index (χ4n) is 6.32. The lowest BCUT2D eigenvalue weighted by Gasteiger charge is -2.41. The topological polar surface area (TPSA) is 114 Å². The number of pyridine rings is 1. The van der Waals surface area contributed by atoms with Crippen molar-refractivity contribution in [2.24, 2.45) is 0 Å². The molecule has 0 amide bonds. The molecular weight excluding hydrogens is 579 g/mol. The van der Waals surface area contributed by atoms with Gasteiger partial charge >= 0.3 is 12.1 Å². The van der Waals surface area contributed by atoms with Crippen molar-refractivity contribution in [1.82, 2.24) is 15.0 Å². The molecule has 1 aromatic carbocycles. The predicted molar refractivity (Wildman–Crippen MR) is 154 cm³/mol. The van der Waals surface area contributed by atoms with Crippen molar-refractivity contribution >= 4 is 39.5 Å². The van der Waals surface area contributed by atoms with Crippen molar-refractivity contribution in [2.75, 3.05) is 29.5 Å². The van der Waals surface area contributed by atoms with Crippen LogP contribution in [0.15, 0.2) is 40.9 Å². The maximum atomic E-state index is 14.0. The van der Waals surface area contributed by atoms with Gasteiger partial charge in [-0.1, -0.05) is 18.1 Å². The molecule has 3 aromatic heterocycles. The number of aliphatic carboxylic acids is 1. The summed E-state index contributed by atoms with van der Waals surface area (Å²) in [7, 11) is 0. The number of hydrogen-bond acceptors (Lipinski definition) is 9. The Bertz CT molecular complexity index is 1840. The minimum atomic E-state index is -4.87.